The second kappa shape index (κ2) is 7.57. The van der Waals surface area contributed by atoms with Crippen molar-refractivity contribution in [1.82, 2.24) is 0 Å². The van der Waals surface area contributed by atoms with E-state index < -0.39 is 0 Å². The summed E-state index contributed by atoms with van der Waals surface area (Å²) in [6.07, 6.45) is 10.7. The summed E-state index contributed by atoms with van der Waals surface area (Å²) in [5, 5.41) is 3.73. The van der Waals surface area contributed by atoms with Crippen molar-refractivity contribution in [1.29, 1.82) is 0 Å². The lowest BCUT2D eigenvalue weighted by Gasteiger charge is -2.29. The summed E-state index contributed by atoms with van der Waals surface area (Å²) >= 11 is 0. The number of hydrogen-bond donors (Lipinski definition) is 1. The first-order valence-corrected chi connectivity index (χ1v) is 8.17. The Hall–Kier alpha value is -0.980. The van der Waals surface area contributed by atoms with Crippen LogP contribution in [-0.4, -0.2) is 6.04 Å². The lowest BCUT2D eigenvalue weighted by Crippen LogP contribution is -2.27. The average Bonchev–Trinajstić information content (AvgIpc) is 2.47. The molecule has 0 bridgehead atoms. The maximum atomic E-state index is 3.73. The Balaban J connectivity index is 1.85. The van der Waals surface area contributed by atoms with Crippen LogP contribution >= 0.6 is 0 Å². The largest absolute Gasteiger partial charge is 0.382 e. The number of nitrogens with one attached hydrogen (secondary N) is 1. The number of rotatable bonds is 6. The first-order chi connectivity index (χ1) is 9.31. The summed E-state index contributed by atoms with van der Waals surface area (Å²) in [6, 6.07) is 9.80. The summed E-state index contributed by atoms with van der Waals surface area (Å²) in [5.74, 6) is 0.940. The molecule has 2 unspecified atom stereocenters. The third kappa shape index (κ3) is 4.56. The van der Waals surface area contributed by atoms with E-state index >= 15 is 0 Å². The van der Waals surface area contributed by atoms with Crippen LogP contribution in [0.5, 0.6) is 0 Å². The van der Waals surface area contributed by atoms with Crippen molar-refractivity contribution in [3.05, 3.63) is 29.8 Å². The van der Waals surface area contributed by atoms with E-state index in [1.807, 2.05) is 0 Å². The lowest BCUT2D eigenvalue weighted by molar-refractivity contribution is 0.327. The van der Waals surface area contributed by atoms with E-state index in [1.54, 1.807) is 0 Å². The zero-order valence-corrected chi connectivity index (χ0v) is 12.6. The van der Waals surface area contributed by atoms with Crippen LogP contribution in [0, 0.1) is 5.92 Å². The molecule has 1 saturated carbocycles. The highest BCUT2D eigenvalue weighted by atomic mass is 14.9. The van der Waals surface area contributed by atoms with Crippen molar-refractivity contribution in [2.45, 2.75) is 71.3 Å². The van der Waals surface area contributed by atoms with Gasteiger partial charge >= 0.3 is 0 Å². The van der Waals surface area contributed by atoms with Crippen molar-refractivity contribution in [3.8, 4) is 0 Å². The van der Waals surface area contributed by atoms with E-state index in [0.29, 0.717) is 6.04 Å². The van der Waals surface area contributed by atoms with E-state index in [1.165, 1.54) is 62.6 Å². The van der Waals surface area contributed by atoms with Crippen LogP contribution in [0.15, 0.2) is 24.3 Å². The Labute approximate surface area is 118 Å². The summed E-state index contributed by atoms with van der Waals surface area (Å²) in [4.78, 5) is 0. The maximum Gasteiger partial charge on any atom is 0.0342 e. The zero-order chi connectivity index (χ0) is 13.5. The predicted octanol–water partition coefficient (Wildman–Crippen LogP) is 5.41. The van der Waals surface area contributed by atoms with E-state index in [9.17, 15) is 0 Å². The molecule has 1 N–H and O–H groups in total. The smallest absolute Gasteiger partial charge is 0.0342 e. The number of anilines is 1. The first kappa shape index (κ1) is 14.4. The standard InChI is InChI=1S/C18H29N/c1-3-5-7-16-10-12-17(13-11-16)19-18-9-6-8-15(4-2)14-18/h10-13,15,18-19H,3-9,14H2,1-2H3. The second-order valence-electron chi connectivity index (χ2n) is 6.08. The van der Waals surface area contributed by atoms with Gasteiger partial charge in [0.1, 0.15) is 0 Å². The van der Waals surface area contributed by atoms with E-state index in [0.717, 1.165) is 5.92 Å². The fourth-order valence-electron chi connectivity index (χ4n) is 3.18. The van der Waals surface area contributed by atoms with Crippen molar-refractivity contribution >= 4 is 5.69 Å². The van der Waals surface area contributed by atoms with Gasteiger partial charge in [0.2, 0.25) is 0 Å². The number of benzene rings is 1. The molecule has 0 aromatic heterocycles. The molecule has 106 valence electrons. The molecule has 1 heteroatoms. The fourth-order valence-corrected chi connectivity index (χ4v) is 3.18. The van der Waals surface area contributed by atoms with Crippen LogP contribution in [0.3, 0.4) is 0 Å². The van der Waals surface area contributed by atoms with Crippen LogP contribution in [0.25, 0.3) is 0 Å². The normalized spacial score (nSPS) is 23.3. The summed E-state index contributed by atoms with van der Waals surface area (Å²) < 4.78 is 0. The molecule has 1 aliphatic rings. The summed E-state index contributed by atoms with van der Waals surface area (Å²) in [5.41, 5.74) is 2.78. The molecule has 1 nitrogen and oxygen atoms in total. The van der Waals surface area contributed by atoms with Gasteiger partial charge < -0.3 is 5.32 Å². The maximum absolute atomic E-state index is 3.73. The van der Waals surface area contributed by atoms with Gasteiger partial charge in [-0.05, 0) is 49.3 Å². The van der Waals surface area contributed by atoms with E-state index in [-0.39, 0.29) is 0 Å². The van der Waals surface area contributed by atoms with Crippen molar-refractivity contribution in [2.24, 2.45) is 5.92 Å². The molecule has 1 fully saturated rings. The Morgan fingerprint density at radius 3 is 2.58 bits per heavy atom. The molecule has 0 heterocycles. The Bertz CT molecular complexity index is 354. The third-order valence-corrected chi connectivity index (χ3v) is 4.50. The SMILES string of the molecule is CCCCc1ccc(NC2CCCC(CC)C2)cc1. The molecule has 1 aromatic rings. The minimum Gasteiger partial charge on any atom is -0.382 e. The summed E-state index contributed by atoms with van der Waals surface area (Å²) in [7, 11) is 0. The second-order valence-corrected chi connectivity index (χ2v) is 6.08. The highest BCUT2D eigenvalue weighted by molar-refractivity contribution is 5.45. The number of aryl methyl sites for hydroxylation is 1. The van der Waals surface area contributed by atoms with Gasteiger partial charge in [-0.3, -0.25) is 0 Å². The molecule has 1 aliphatic carbocycles. The Morgan fingerprint density at radius 1 is 1.11 bits per heavy atom. The van der Waals surface area contributed by atoms with Crippen LogP contribution in [0.4, 0.5) is 5.69 Å². The molecular weight excluding hydrogens is 230 g/mol. The molecule has 0 amide bonds. The van der Waals surface area contributed by atoms with Crippen LogP contribution < -0.4 is 5.32 Å². The average molecular weight is 259 g/mol. The summed E-state index contributed by atoms with van der Waals surface area (Å²) in [6.45, 7) is 4.58. The predicted molar refractivity (Wildman–Crippen MR) is 84.7 cm³/mol. The zero-order valence-electron chi connectivity index (χ0n) is 12.6. The van der Waals surface area contributed by atoms with Gasteiger partial charge in [-0.25, -0.2) is 0 Å². The molecule has 0 spiro atoms. The monoisotopic (exact) mass is 259 g/mol. The van der Waals surface area contributed by atoms with Gasteiger partial charge in [0.15, 0.2) is 0 Å². The van der Waals surface area contributed by atoms with Crippen molar-refractivity contribution in [3.63, 3.8) is 0 Å². The molecule has 2 rings (SSSR count). The molecular formula is C18H29N. The Kier molecular flexibility index (Phi) is 5.75. The quantitative estimate of drug-likeness (QED) is 0.720. The topological polar surface area (TPSA) is 12.0 Å². The van der Waals surface area contributed by atoms with Gasteiger partial charge in [-0.1, -0.05) is 51.7 Å². The van der Waals surface area contributed by atoms with E-state index in [4.69, 9.17) is 0 Å². The number of unbranched alkanes of at least 4 members (excludes halogenated alkanes) is 1. The van der Waals surface area contributed by atoms with E-state index in [2.05, 4.69) is 43.4 Å². The molecule has 0 aliphatic heterocycles. The van der Waals surface area contributed by atoms with Gasteiger partial charge in [-0.2, -0.15) is 0 Å². The van der Waals surface area contributed by atoms with Gasteiger partial charge in [0, 0.05) is 11.7 Å². The van der Waals surface area contributed by atoms with Crippen LogP contribution in [0.1, 0.15) is 64.4 Å². The molecule has 0 radical (unpaired) electrons. The van der Waals surface area contributed by atoms with Gasteiger partial charge in [-0.15, -0.1) is 0 Å². The molecule has 2 atom stereocenters. The van der Waals surface area contributed by atoms with Crippen LogP contribution in [0.2, 0.25) is 0 Å². The Morgan fingerprint density at radius 2 is 1.89 bits per heavy atom. The minimum atomic E-state index is 0.695. The first-order valence-electron chi connectivity index (χ1n) is 8.17. The number of hydrogen-bond acceptors (Lipinski definition) is 1. The lowest BCUT2D eigenvalue weighted by atomic mass is 9.84. The highest BCUT2D eigenvalue weighted by Gasteiger charge is 2.20. The third-order valence-electron chi connectivity index (χ3n) is 4.50. The van der Waals surface area contributed by atoms with Crippen molar-refractivity contribution in [2.75, 3.05) is 5.32 Å². The fraction of sp³-hybridized carbons (Fsp3) is 0.667. The van der Waals surface area contributed by atoms with Gasteiger partial charge in [0.25, 0.3) is 0 Å². The minimum absolute atomic E-state index is 0.695. The molecule has 0 saturated heterocycles. The highest BCUT2D eigenvalue weighted by Crippen LogP contribution is 2.28. The molecule has 19 heavy (non-hydrogen) atoms. The van der Waals surface area contributed by atoms with Crippen molar-refractivity contribution < 1.29 is 0 Å². The van der Waals surface area contributed by atoms with Gasteiger partial charge in [0.05, 0.1) is 0 Å². The van der Waals surface area contributed by atoms with Crippen LogP contribution in [-0.2, 0) is 6.42 Å². The molecule has 1 aromatic carbocycles.